The topological polar surface area (TPSA) is 64.1 Å². The quantitative estimate of drug-likeness (QED) is 0.413. The summed E-state index contributed by atoms with van der Waals surface area (Å²) in [6.07, 6.45) is 2.41. The molecule has 0 bridgehead atoms. The maximum atomic E-state index is 5.28. The Labute approximate surface area is 49.4 Å². The Morgan fingerprint density at radius 1 is 1.50 bits per heavy atom. The van der Waals surface area contributed by atoms with Crippen molar-refractivity contribution in [1.29, 1.82) is 0 Å². The molecule has 0 unspecified atom stereocenters. The molecule has 8 heavy (non-hydrogen) atoms. The second kappa shape index (κ2) is 2.44. The molecular formula is C5H13N3. The third kappa shape index (κ3) is 2.26. The van der Waals surface area contributed by atoms with E-state index in [2.05, 4.69) is 5.32 Å². The Morgan fingerprint density at radius 2 is 2.12 bits per heavy atom. The van der Waals surface area contributed by atoms with Crippen LogP contribution in [0, 0.1) is 0 Å². The fourth-order valence-electron chi connectivity index (χ4n) is 0.590. The van der Waals surface area contributed by atoms with Crippen LogP contribution in [0.1, 0.15) is 12.8 Å². The summed E-state index contributed by atoms with van der Waals surface area (Å²) in [4.78, 5) is 0. The fourth-order valence-corrected chi connectivity index (χ4v) is 0.590. The van der Waals surface area contributed by atoms with Crippen LogP contribution in [0.4, 0.5) is 0 Å². The van der Waals surface area contributed by atoms with Crippen molar-refractivity contribution in [3.8, 4) is 0 Å². The molecule has 0 saturated heterocycles. The molecule has 0 aliphatic heterocycles. The van der Waals surface area contributed by atoms with Gasteiger partial charge in [0.1, 0.15) is 0 Å². The summed E-state index contributed by atoms with van der Waals surface area (Å²) < 4.78 is 0. The van der Waals surface area contributed by atoms with Crippen molar-refractivity contribution in [2.24, 2.45) is 11.5 Å². The molecular weight excluding hydrogens is 102 g/mol. The highest BCUT2D eigenvalue weighted by atomic mass is 15.0. The molecule has 1 fully saturated rings. The molecule has 1 aliphatic rings. The molecule has 1 aliphatic carbocycles. The van der Waals surface area contributed by atoms with Crippen LogP contribution in [-0.2, 0) is 0 Å². The van der Waals surface area contributed by atoms with Gasteiger partial charge in [0.2, 0.25) is 0 Å². The minimum absolute atomic E-state index is 0.185. The van der Waals surface area contributed by atoms with E-state index in [0.717, 1.165) is 12.6 Å². The van der Waals surface area contributed by atoms with E-state index in [4.69, 9.17) is 11.5 Å². The lowest BCUT2D eigenvalue weighted by molar-refractivity contribution is 0.588. The Bertz CT molecular complexity index is 66.1. The van der Waals surface area contributed by atoms with Crippen LogP contribution >= 0.6 is 0 Å². The van der Waals surface area contributed by atoms with E-state index >= 15 is 0 Å². The zero-order valence-electron chi connectivity index (χ0n) is 4.93. The van der Waals surface area contributed by atoms with Gasteiger partial charge in [-0.3, -0.25) is 0 Å². The highest BCUT2D eigenvalue weighted by Crippen LogP contribution is 2.17. The van der Waals surface area contributed by atoms with Gasteiger partial charge in [-0.05, 0) is 12.8 Å². The van der Waals surface area contributed by atoms with Crippen molar-refractivity contribution in [2.75, 3.05) is 6.54 Å². The van der Waals surface area contributed by atoms with Crippen LogP contribution in [0.5, 0.6) is 0 Å². The first-order valence-electron chi connectivity index (χ1n) is 3.03. The standard InChI is InChI=1S/C5H13N3/c6-5(7)3-8-4-1-2-4/h4-5,8H,1-3,6-7H2. The van der Waals surface area contributed by atoms with E-state index in [-0.39, 0.29) is 6.17 Å². The second-order valence-corrected chi connectivity index (χ2v) is 2.35. The zero-order chi connectivity index (χ0) is 5.98. The van der Waals surface area contributed by atoms with Gasteiger partial charge in [0, 0.05) is 12.6 Å². The highest BCUT2D eigenvalue weighted by Gasteiger charge is 2.19. The van der Waals surface area contributed by atoms with Crippen molar-refractivity contribution in [3.05, 3.63) is 0 Å². The lowest BCUT2D eigenvalue weighted by Gasteiger charge is -2.04. The van der Waals surface area contributed by atoms with Crippen LogP contribution in [0.15, 0.2) is 0 Å². The first kappa shape index (κ1) is 6.01. The summed E-state index contributed by atoms with van der Waals surface area (Å²) in [5, 5.41) is 3.21. The SMILES string of the molecule is NC(N)CNC1CC1. The third-order valence-electron chi connectivity index (χ3n) is 1.22. The Kier molecular flexibility index (Phi) is 1.83. The van der Waals surface area contributed by atoms with Gasteiger partial charge in [0.05, 0.1) is 6.17 Å². The molecule has 0 radical (unpaired) electrons. The first-order valence-corrected chi connectivity index (χ1v) is 3.03. The average molecular weight is 115 g/mol. The van der Waals surface area contributed by atoms with Gasteiger partial charge in [-0.1, -0.05) is 0 Å². The van der Waals surface area contributed by atoms with E-state index in [9.17, 15) is 0 Å². The highest BCUT2D eigenvalue weighted by molar-refractivity contribution is 4.81. The van der Waals surface area contributed by atoms with Gasteiger partial charge in [0.25, 0.3) is 0 Å². The smallest absolute Gasteiger partial charge is 0.0649 e. The maximum Gasteiger partial charge on any atom is 0.0649 e. The minimum atomic E-state index is -0.185. The fraction of sp³-hybridized carbons (Fsp3) is 1.00. The molecule has 0 aromatic rings. The van der Waals surface area contributed by atoms with Gasteiger partial charge < -0.3 is 16.8 Å². The molecule has 0 aromatic carbocycles. The molecule has 0 atom stereocenters. The maximum absolute atomic E-state index is 5.28. The van der Waals surface area contributed by atoms with E-state index in [0.29, 0.717) is 0 Å². The van der Waals surface area contributed by atoms with Gasteiger partial charge in [-0.25, -0.2) is 0 Å². The summed E-state index contributed by atoms with van der Waals surface area (Å²) >= 11 is 0. The second-order valence-electron chi connectivity index (χ2n) is 2.35. The summed E-state index contributed by atoms with van der Waals surface area (Å²) in [7, 11) is 0. The van der Waals surface area contributed by atoms with Crippen molar-refractivity contribution in [2.45, 2.75) is 25.0 Å². The molecule has 0 heterocycles. The molecule has 5 N–H and O–H groups in total. The van der Waals surface area contributed by atoms with Gasteiger partial charge in [-0.15, -0.1) is 0 Å². The predicted octanol–water partition coefficient (Wildman–Crippen LogP) is -1.02. The summed E-state index contributed by atoms with van der Waals surface area (Å²) in [5.74, 6) is 0. The van der Waals surface area contributed by atoms with Gasteiger partial charge >= 0.3 is 0 Å². The van der Waals surface area contributed by atoms with Gasteiger partial charge in [-0.2, -0.15) is 0 Å². The number of nitrogens with two attached hydrogens (primary N) is 2. The average Bonchev–Trinajstić information content (AvgIpc) is 2.41. The van der Waals surface area contributed by atoms with E-state index in [1.807, 2.05) is 0 Å². The van der Waals surface area contributed by atoms with Gasteiger partial charge in [0.15, 0.2) is 0 Å². The van der Waals surface area contributed by atoms with E-state index in [1.54, 1.807) is 0 Å². The van der Waals surface area contributed by atoms with Crippen LogP contribution in [0.2, 0.25) is 0 Å². The zero-order valence-corrected chi connectivity index (χ0v) is 4.93. The Hall–Kier alpha value is -0.120. The molecule has 0 aromatic heterocycles. The lowest BCUT2D eigenvalue weighted by atomic mass is 10.5. The predicted molar refractivity (Wildman–Crippen MR) is 33.2 cm³/mol. The minimum Gasteiger partial charge on any atom is -0.315 e. The molecule has 1 rings (SSSR count). The largest absolute Gasteiger partial charge is 0.315 e. The van der Waals surface area contributed by atoms with Crippen molar-refractivity contribution in [3.63, 3.8) is 0 Å². The number of hydrogen-bond donors (Lipinski definition) is 3. The molecule has 48 valence electrons. The van der Waals surface area contributed by atoms with Crippen LogP contribution < -0.4 is 16.8 Å². The van der Waals surface area contributed by atoms with Crippen molar-refractivity contribution < 1.29 is 0 Å². The first-order chi connectivity index (χ1) is 3.79. The number of rotatable bonds is 3. The molecule has 0 spiro atoms. The number of hydrogen-bond acceptors (Lipinski definition) is 3. The monoisotopic (exact) mass is 115 g/mol. The van der Waals surface area contributed by atoms with E-state index < -0.39 is 0 Å². The normalized spacial score (nSPS) is 19.9. The lowest BCUT2D eigenvalue weighted by Crippen LogP contribution is -2.41. The van der Waals surface area contributed by atoms with Crippen LogP contribution in [-0.4, -0.2) is 18.8 Å². The van der Waals surface area contributed by atoms with Crippen molar-refractivity contribution >= 4 is 0 Å². The molecule has 3 nitrogen and oxygen atoms in total. The molecule has 0 amide bonds. The summed E-state index contributed by atoms with van der Waals surface area (Å²) in [6, 6.07) is 0.726. The Balaban J connectivity index is 1.87. The van der Waals surface area contributed by atoms with E-state index in [1.165, 1.54) is 12.8 Å². The van der Waals surface area contributed by atoms with Crippen LogP contribution in [0.3, 0.4) is 0 Å². The van der Waals surface area contributed by atoms with Crippen molar-refractivity contribution in [1.82, 2.24) is 5.32 Å². The summed E-state index contributed by atoms with van der Waals surface area (Å²) in [5.41, 5.74) is 10.6. The molecule has 1 saturated carbocycles. The summed E-state index contributed by atoms with van der Waals surface area (Å²) in [6.45, 7) is 0.755. The third-order valence-corrected chi connectivity index (χ3v) is 1.22. The van der Waals surface area contributed by atoms with Crippen LogP contribution in [0.25, 0.3) is 0 Å². The Morgan fingerprint density at radius 3 is 2.50 bits per heavy atom. The molecule has 3 heteroatoms. The number of nitrogens with one attached hydrogen (secondary N) is 1.